The van der Waals surface area contributed by atoms with E-state index < -0.39 is 6.08 Å². The zero-order valence-electron chi connectivity index (χ0n) is 23.9. The molecule has 2 unspecified atom stereocenters. The van der Waals surface area contributed by atoms with Crippen LogP contribution in [-0.2, 0) is 11.3 Å². The molecule has 0 saturated carbocycles. The zero-order chi connectivity index (χ0) is 28.7. The Bertz CT molecular complexity index is 1600. The molecule has 41 heavy (non-hydrogen) atoms. The van der Waals surface area contributed by atoms with Crippen LogP contribution >= 0.6 is 0 Å². The van der Waals surface area contributed by atoms with E-state index >= 15 is 0 Å². The average molecular weight is 554 g/mol. The van der Waals surface area contributed by atoms with Gasteiger partial charge in [-0.3, -0.25) is 9.88 Å². The van der Waals surface area contributed by atoms with Crippen LogP contribution in [-0.4, -0.2) is 89.1 Å². The highest BCUT2D eigenvalue weighted by Crippen LogP contribution is 2.36. The molecular weight excluding hydrogens is 520 g/mol. The smallest absolute Gasteiger partial charge is 0.147 e. The van der Waals surface area contributed by atoms with E-state index in [1.807, 2.05) is 18.2 Å². The van der Waals surface area contributed by atoms with E-state index in [2.05, 4.69) is 38.4 Å². The molecular formula is C30H32N8O3. The first-order chi connectivity index (χ1) is 20.5. The molecule has 1 N–H and O–H groups in total. The van der Waals surface area contributed by atoms with Gasteiger partial charge in [0.1, 0.15) is 36.1 Å². The van der Waals surface area contributed by atoms with Crippen LogP contribution < -0.4 is 19.7 Å². The van der Waals surface area contributed by atoms with Gasteiger partial charge < -0.3 is 24.4 Å². The molecule has 4 aromatic rings. The molecule has 4 aliphatic rings. The van der Waals surface area contributed by atoms with E-state index in [1.54, 1.807) is 30.2 Å². The van der Waals surface area contributed by atoms with Crippen LogP contribution in [0, 0.1) is 11.3 Å². The zero-order valence-corrected chi connectivity index (χ0v) is 22.9. The molecule has 11 nitrogen and oxygen atoms in total. The van der Waals surface area contributed by atoms with Crippen LogP contribution in [0.1, 0.15) is 18.9 Å². The Kier molecular flexibility index (Phi) is 6.57. The molecule has 4 fully saturated rings. The maximum atomic E-state index is 9.72. The summed E-state index contributed by atoms with van der Waals surface area (Å²) in [5, 5.41) is 17.2. The molecule has 1 aromatic carbocycles. The van der Waals surface area contributed by atoms with Crippen LogP contribution in [0.15, 0.2) is 55.1 Å². The second-order valence-corrected chi connectivity index (χ2v) is 10.6. The Hall–Kier alpha value is -4.24. The highest BCUT2D eigenvalue weighted by atomic mass is 16.5. The summed E-state index contributed by atoms with van der Waals surface area (Å²) >= 11 is 0. The van der Waals surface area contributed by atoms with Crippen molar-refractivity contribution in [2.75, 3.05) is 51.4 Å². The second-order valence-electron chi connectivity index (χ2n) is 10.6. The van der Waals surface area contributed by atoms with Crippen LogP contribution in [0.5, 0.6) is 11.5 Å². The van der Waals surface area contributed by atoms with Crippen molar-refractivity contribution in [2.45, 2.75) is 31.1 Å². The summed E-state index contributed by atoms with van der Waals surface area (Å²) in [6.45, 7) is 4.35. The first kappa shape index (κ1) is 24.5. The van der Waals surface area contributed by atoms with Crippen molar-refractivity contribution >= 4 is 11.3 Å². The van der Waals surface area contributed by atoms with Gasteiger partial charge in [0.25, 0.3) is 0 Å². The lowest BCUT2D eigenvalue weighted by Gasteiger charge is -2.56. The quantitative estimate of drug-likeness (QED) is 0.349. The molecule has 210 valence electrons. The topological polar surface area (TPSA) is 113 Å². The number of nitriles is 1. The highest BCUT2D eigenvalue weighted by molar-refractivity contribution is 5.83. The number of piperidine rings is 1. The van der Waals surface area contributed by atoms with Crippen molar-refractivity contribution in [2.24, 2.45) is 0 Å². The van der Waals surface area contributed by atoms with Crippen LogP contribution in [0.4, 0.5) is 5.82 Å². The van der Waals surface area contributed by atoms with Crippen molar-refractivity contribution in [3.8, 4) is 28.8 Å². The molecule has 4 aliphatic heterocycles. The lowest BCUT2D eigenvalue weighted by Crippen LogP contribution is -2.68. The predicted molar refractivity (Wildman–Crippen MR) is 152 cm³/mol. The van der Waals surface area contributed by atoms with E-state index in [0.29, 0.717) is 53.3 Å². The number of aromatic nitrogens is 4. The lowest BCUT2D eigenvalue weighted by atomic mass is 9.87. The van der Waals surface area contributed by atoms with E-state index in [-0.39, 0.29) is 6.61 Å². The minimum absolute atomic E-state index is 0.0503. The minimum atomic E-state index is -1.17. The molecule has 3 atom stereocenters. The van der Waals surface area contributed by atoms with E-state index in [4.69, 9.17) is 25.5 Å². The van der Waals surface area contributed by atoms with Gasteiger partial charge in [-0.1, -0.05) is 12.1 Å². The molecule has 0 radical (unpaired) electrons. The second kappa shape index (κ2) is 11.0. The van der Waals surface area contributed by atoms with Gasteiger partial charge in [0.15, 0.2) is 0 Å². The normalized spacial score (nSPS) is 24.4. The van der Waals surface area contributed by atoms with Gasteiger partial charge in [-0.15, -0.1) is 0 Å². The molecule has 0 spiro atoms. The van der Waals surface area contributed by atoms with Crippen molar-refractivity contribution in [3.63, 3.8) is 0 Å². The fourth-order valence-electron chi connectivity index (χ4n) is 5.95. The van der Waals surface area contributed by atoms with Gasteiger partial charge >= 0.3 is 0 Å². The Balaban J connectivity index is 1.07. The molecule has 11 heteroatoms. The standard InChI is InChI=1S/C30H32N8O3/c1-39-24-4-2-20(3-5-24)15-37-22-8-23(37)17-36(16-22)29-14-33-28(13-34-29)27-9-25(41-19-26-12-32-6-7-40-26)18-38-30(27)21(10-31)11-35-38/h2-5,9,11,13-14,18,22-23,26,32H,6-8,12,15-17,19H2,1H3/t22?,23?,26-/m0/s1/i26D. The van der Waals surface area contributed by atoms with Gasteiger partial charge in [0.05, 0.1) is 56.6 Å². The number of nitrogens with one attached hydrogen (secondary N) is 1. The molecule has 8 rings (SSSR count). The van der Waals surface area contributed by atoms with Gasteiger partial charge in [0.2, 0.25) is 0 Å². The first-order valence-electron chi connectivity index (χ1n) is 14.4. The number of methoxy groups -OCH3 is 1. The van der Waals surface area contributed by atoms with Crippen LogP contribution in [0.25, 0.3) is 16.8 Å². The van der Waals surface area contributed by atoms with Gasteiger partial charge in [-0.25, -0.2) is 9.50 Å². The number of ether oxygens (including phenoxy) is 3. The number of hydrogen-bond donors (Lipinski definition) is 1. The number of fused-ring (bicyclic) bond motifs is 3. The van der Waals surface area contributed by atoms with Crippen molar-refractivity contribution in [1.29, 1.82) is 5.26 Å². The Labute approximate surface area is 239 Å². The summed E-state index contributed by atoms with van der Waals surface area (Å²) in [5.41, 5.74) is 3.67. The first-order valence-corrected chi connectivity index (χ1v) is 13.9. The molecule has 7 heterocycles. The van der Waals surface area contributed by atoms with Crippen molar-refractivity contribution < 1.29 is 15.6 Å². The third kappa shape index (κ3) is 5.06. The molecule has 0 aliphatic carbocycles. The summed E-state index contributed by atoms with van der Waals surface area (Å²) in [6.07, 6.45) is 6.82. The number of benzene rings is 1. The SMILES string of the molecule is [2H][C@@]1(COc2cc(-c3cnc(N4CC5CC(C4)N5Cc4ccc(OC)cc4)cn3)c3c(C#N)cnn3c2)CNCCO1. The predicted octanol–water partition coefficient (Wildman–Crippen LogP) is 2.50. The Morgan fingerprint density at radius 2 is 2.00 bits per heavy atom. The van der Waals surface area contributed by atoms with Gasteiger partial charge in [0, 0.05) is 50.4 Å². The van der Waals surface area contributed by atoms with E-state index in [9.17, 15) is 5.26 Å². The summed E-state index contributed by atoms with van der Waals surface area (Å²) in [5.74, 6) is 2.22. The summed E-state index contributed by atoms with van der Waals surface area (Å²) in [6, 6.07) is 13.3. The number of hydrogen-bond acceptors (Lipinski definition) is 10. The number of anilines is 1. The molecule has 0 amide bonds. The number of piperazine rings is 1. The van der Waals surface area contributed by atoms with Gasteiger partial charge in [-0.05, 0) is 30.2 Å². The molecule has 2 bridgehead atoms. The lowest BCUT2D eigenvalue weighted by molar-refractivity contribution is -0.00870. The highest BCUT2D eigenvalue weighted by Gasteiger charge is 2.44. The van der Waals surface area contributed by atoms with Gasteiger partial charge in [-0.2, -0.15) is 10.4 Å². The third-order valence-corrected chi connectivity index (χ3v) is 8.12. The van der Waals surface area contributed by atoms with Crippen LogP contribution in [0.3, 0.4) is 0 Å². The van der Waals surface area contributed by atoms with E-state index in [0.717, 1.165) is 37.7 Å². The summed E-state index contributed by atoms with van der Waals surface area (Å²) < 4.78 is 27.0. The van der Waals surface area contributed by atoms with Crippen molar-refractivity contribution in [3.05, 3.63) is 66.2 Å². The monoisotopic (exact) mass is 553 g/mol. The number of pyridine rings is 1. The fraction of sp³-hybridized carbons (Fsp3) is 0.400. The number of morpholine rings is 1. The minimum Gasteiger partial charge on any atom is -0.497 e. The fourth-order valence-corrected chi connectivity index (χ4v) is 5.95. The van der Waals surface area contributed by atoms with E-state index in [1.165, 1.54) is 18.2 Å². The number of rotatable bonds is 8. The molecule has 3 aromatic heterocycles. The number of nitrogens with zero attached hydrogens (tertiary/aromatic N) is 7. The Morgan fingerprint density at radius 1 is 1.15 bits per heavy atom. The molecule has 4 saturated heterocycles. The Morgan fingerprint density at radius 3 is 2.71 bits per heavy atom. The maximum absolute atomic E-state index is 9.72. The summed E-state index contributed by atoms with van der Waals surface area (Å²) in [7, 11) is 1.69. The average Bonchev–Trinajstić information content (AvgIpc) is 3.46. The largest absolute Gasteiger partial charge is 0.497 e. The van der Waals surface area contributed by atoms with Crippen LogP contribution in [0.2, 0.25) is 0 Å². The third-order valence-electron chi connectivity index (χ3n) is 8.12. The van der Waals surface area contributed by atoms with Crippen molar-refractivity contribution in [1.82, 2.24) is 29.8 Å². The maximum Gasteiger partial charge on any atom is 0.147 e. The summed E-state index contributed by atoms with van der Waals surface area (Å²) in [4.78, 5) is 14.4.